The molecule has 0 unspecified atom stereocenters. The fourth-order valence-electron chi connectivity index (χ4n) is 6.70. The second-order valence-electron chi connectivity index (χ2n) is 11.7. The standard InChI is InChI=1S/C42H26N4O2/c1-43-33-11-14-40-37(22-33)35-8-2-3-9-39(35)46(40)34-12-15-41-38(23-34)36-13-10-27(21-42(36)48-26-47-41)30-18-31(28-6-4-16-44-24-28)20-32(19-30)29-7-5-17-45-25-29/h2-25H,26H2. The minimum atomic E-state index is 0.105. The van der Waals surface area contributed by atoms with Crippen LogP contribution in [0.15, 0.2) is 146 Å². The van der Waals surface area contributed by atoms with Crippen LogP contribution in [0.4, 0.5) is 5.69 Å². The zero-order valence-corrected chi connectivity index (χ0v) is 25.7. The molecule has 0 N–H and O–H groups in total. The molecule has 0 atom stereocenters. The predicted molar refractivity (Wildman–Crippen MR) is 190 cm³/mol. The van der Waals surface area contributed by atoms with Crippen LogP contribution in [-0.2, 0) is 0 Å². The molecule has 0 saturated heterocycles. The van der Waals surface area contributed by atoms with E-state index in [0.717, 1.165) is 83.5 Å². The number of hydrogen-bond donors (Lipinski definition) is 0. The maximum Gasteiger partial charge on any atom is 0.230 e. The highest BCUT2D eigenvalue weighted by atomic mass is 16.7. The predicted octanol–water partition coefficient (Wildman–Crippen LogP) is 10.5. The van der Waals surface area contributed by atoms with Crippen molar-refractivity contribution < 1.29 is 9.47 Å². The van der Waals surface area contributed by atoms with Gasteiger partial charge < -0.3 is 14.0 Å². The number of aromatic nitrogens is 3. The second kappa shape index (κ2) is 11.3. The summed E-state index contributed by atoms with van der Waals surface area (Å²) >= 11 is 0. The van der Waals surface area contributed by atoms with Crippen molar-refractivity contribution >= 4 is 27.5 Å². The number of benzene rings is 5. The van der Waals surface area contributed by atoms with Gasteiger partial charge in [0.1, 0.15) is 11.5 Å². The van der Waals surface area contributed by atoms with Gasteiger partial charge in [0.05, 0.1) is 17.6 Å². The summed E-state index contributed by atoms with van der Waals surface area (Å²) in [7, 11) is 0. The van der Waals surface area contributed by atoms with Gasteiger partial charge in [-0.25, -0.2) is 4.85 Å². The third kappa shape index (κ3) is 4.65. The van der Waals surface area contributed by atoms with Crippen molar-refractivity contribution in [2.75, 3.05) is 6.79 Å². The van der Waals surface area contributed by atoms with Crippen LogP contribution in [0.1, 0.15) is 0 Å². The minimum Gasteiger partial charge on any atom is -0.457 e. The van der Waals surface area contributed by atoms with Crippen LogP contribution in [0.25, 0.3) is 76.8 Å². The van der Waals surface area contributed by atoms with Crippen LogP contribution < -0.4 is 9.47 Å². The molecule has 0 amide bonds. The Labute approximate surface area is 276 Å². The molecular formula is C42H26N4O2. The van der Waals surface area contributed by atoms with E-state index in [0.29, 0.717) is 5.69 Å². The van der Waals surface area contributed by atoms with Gasteiger partial charge in [-0.3, -0.25) is 9.97 Å². The van der Waals surface area contributed by atoms with Gasteiger partial charge in [0, 0.05) is 58.1 Å². The highest BCUT2D eigenvalue weighted by Gasteiger charge is 2.20. The van der Waals surface area contributed by atoms with Crippen LogP contribution in [-0.4, -0.2) is 21.3 Å². The molecule has 4 heterocycles. The fourth-order valence-corrected chi connectivity index (χ4v) is 6.70. The third-order valence-corrected chi connectivity index (χ3v) is 8.96. The summed E-state index contributed by atoms with van der Waals surface area (Å²) in [5.41, 5.74) is 12.0. The molecule has 0 aliphatic carbocycles. The summed E-state index contributed by atoms with van der Waals surface area (Å²) in [6.07, 6.45) is 7.35. The molecule has 1 aliphatic heterocycles. The lowest BCUT2D eigenvalue weighted by Crippen LogP contribution is -2.03. The van der Waals surface area contributed by atoms with Gasteiger partial charge in [-0.2, -0.15) is 0 Å². The average Bonchev–Trinajstić information content (AvgIpc) is 3.37. The van der Waals surface area contributed by atoms with Crippen molar-refractivity contribution in [3.63, 3.8) is 0 Å². The lowest BCUT2D eigenvalue weighted by atomic mass is 9.93. The lowest BCUT2D eigenvalue weighted by molar-refractivity contribution is 0.125. The summed E-state index contributed by atoms with van der Waals surface area (Å²) in [4.78, 5) is 12.4. The van der Waals surface area contributed by atoms with Crippen LogP contribution in [0, 0.1) is 6.57 Å². The smallest absolute Gasteiger partial charge is 0.230 e. The third-order valence-electron chi connectivity index (χ3n) is 8.96. The van der Waals surface area contributed by atoms with E-state index in [-0.39, 0.29) is 6.79 Å². The van der Waals surface area contributed by atoms with Gasteiger partial charge in [0.2, 0.25) is 6.79 Å². The number of fused-ring (bicyclic) bond motifs is 6. The first kappa shape index (κ1) is 27.6. The number of rotatable bonds is 4. The quantitative estimate of drug-likeness (QED) is 0.184. The molecular weight excluding hydrogens is 592 g/mol. The Morgan fingerprint density at radius 3 is 1.98 bits per heavy atom. The normalized spacial score (nSPS) is 12.0. The number of ether oxygens (including phenoxy) is 2. The number of para-hydroxylation sites is 1. The minimum absolute atomic E-state index is 0.105. The number of hydrogen-bond acceptors (Lipinski definition) is 4. The van der Waals surface area contributed by atoms with E-state index in [4.69, 9.17) is 16.0 Å². The molecule has 0 spiro atoms. The average molecular weight is 619 g/mol. The van der Waals surface area contributed by atoms with E-state index in [1.54, 1.807) is 12.4 Å². The summed E-state index contributed by atoms with van der Waals surface area (Å²) < 4.78 is 14.6. The molecule has 3 aromatic heterocycles. The van der Waals surface area contributed by atoms with Crippen molar-refractivity contribution in [2.45, 2.75) is 0 Å². The largest absolute Gasteiger partial charge is 0.457 e. The molecule has 0 saturated carbocycles. The van der Waals surface area contributed by atoms with Gasteiger partial charge in [0.25, 0.3) is 0 Å². The van der Waals surface area contributed by atoms with Gasteiger partial charge in [-0.15, -0.1) is 0 Å². The second-order valence-corrected chi connectivity index (χ2v) is 11.7. The van der Waals surface area contributed by atoms with E-state index in [2.05, 4.69) is 92.2 Å². The first-order valence-corrected chi connectivity index (χ1v) is 15.6. The topological polar surface area (TPSA) is 53.5 Å². The van der Waals surface area contributed by atoms with E-state index in [1.165, 1.54) is 0 Å². The molecule has 9 rings (SSSR count). The van der Waals surface area contributed by atoms with Crippen molar-refractivity contribution in [3.8, 4) is 61.7 Å². The summed E-state index contributed by atoms with van der Waals surface area (Å²) in [5, 5.41) is 2.16. The molecule has 5 aromatic carbocycles. The van der Waals surface area contributed by atoms with Crippen molar-refractivity contribution in [2.24, 2.45) is 0 Å². The van der Waals surface area contributed by atoms with E-state index in [9.17, 15) is 0 Å². The summed E-state index contributed by atoms with van der Waals surface area (Å²) in [5.74, 6) is 1.51. The van der Waals surface area contributed by atoms with Crippen LogP contribution in [0.2, 0.25) is 0 Å². The molecule has 8 aromatic rings. The first-order valence-electron chi connectivity index (χ1n) is 15.6. The molecule has 0 bridgehead atoms. The molecule has 0 radical (unpaired) electrons. The molecule has 1 aliphatic rings. The Morgan fingerprint density at radius 2 is 1.25 bits per heavy atom. The van der Waals surface area contributed by atoms with Crippen LogP contribution in [0.5, 0.6) is 11.5 Å². The molecule has 6 nitrogen and oxygen atoms in total. The van der Waals surface area contributed by atoms with Crippen LogP contribution >= 0.6 is 0 Å². The van der Waals surface area contributed by atoms with E-state index in [1.807, 2.05) is 60.9 Å². The van der Waals surface area contributed by atoms with E-state index >= 15 is 0 Å². The van der Waals surface area contributed by atoms with Crippen LogP contribution in [0.3, 0.4) is 0 Å². The monoisotopic (exact) mass is 618 g/mol. The maximum absolute atomic E-state index is 7.55. The lowest BCUT2D eigenvalue weighted by Gasteiger charge is -2.14. The first-order chi connectivity index (χ1) is 23.7. The molecule has 226 valence electrons. The Kier molecular flexibility index (Phi) is 6.48. The molecule has 6 heteroatoms. The summed E-state index contributed by atoms with van der Waals surface area (Å²) in [6.45, 7) is 7.65. The maximum atomic E-state index is 7.55. The van der Waals surface area contributed by atoms with Crippen molar-refractivity contribution in [1.29, 1.82) is 0 Å². The summed E-state index contributed by atoms with van der Waals surface area (Å²) in [6, 6.07) is 41.5. The van der Waals surface area contributed by atoms with Gasteiger partial charge in [0.15, 0.2) is 5.69 Å². The highest BCUT2D eigenvalue weighted by Crippen LogP contribution is 2.44. The Hall–Kier alpha value is -6.71. The fraction of sp³-hybridized carbons (Fsp3) is 0.0238. The molecule has 48 heavy (non-hydrogen) atoms. The van der Waals surface area contributed by atoms with Crippen molar-refractivity contribution in [1.82, 2.24) is 14.5 Å². The van der Waals surface area contributed by atoms with Gasteiger partial charge in [-0.05, 0) is 107 Å². The van der Waals surface area contributed by atoms with Gasteiger partial charge >= 0.3 is 0 Å². The zero-order chi connectivity index (χ0) is 32.0. The number of nitrogens with zero attached hydrogens (tertiary/aromatic N) is 4. The molecule has 0 fully saturated rings. The SMILES string of the molecule is [C-]#[N+]c1ccc2c(c1)c1ccccc1n2-c1ccc2c(c1)-c1ccc(-c3cc(-c4cccnc4)cc(-c4cccnc4)c3)cc1OCO2. The Morgan fingerprint density at radius 1 is 0.542 bits per heavy atom. The number of pyridine rings is 2. The van der Waals surface area contributed by atoms with Crippen molar-refractivity contribution in [3.05, 3.63) is 158 Å². The zero-order valence-electron chi connectivity index (χ0n) is 25.7. The Balaban J connectivity index is 1.18. The highest BCUT2D eigenvalue weighted by molar-refractivity contribution is 6.10. The van der Waals surface area contributed by atoms with E-state index < -0.39 is 0 Å². The Bertz CT molecular complexity index is 2490. The van der Waals surface area contributed by atoms with Gasteiger partial charge in [-0.1, -0.05) is 42.5 Å².